The standard InChI is InChI=1S/C20H36O4/c1-17(2)8-6-9-18(3)13(17)7-10-19(4)14(18)11-15(22)20(5,24-19)16(23)12-21/h13-16,21-23H,6-12H2,1-5H3/t13-,14+,15-,16+,18-,19+,20-/m0/s1. The Bertz CT molecular complexity index is 492. The maximum absolute atomic E-state index is 10.8. The van der Waals surface area contributed by atoms with Crippen LogP contribution in [0.15, 0.2) is 0 Å². The Kier molecular flexibility index (Phi) is 4.40. The SMILES string of the molecule is CC1(C)CCC[C@]2(C)[C@H]3C[C@H](O)[C@@](C)([C@H](O)CO)O[C@]3(C)CC[C@@H]12. The highest BCUT2D eigenvalue weighted by molar-refractivity contribution is 5.13. The lowest BCUT2D eigenvalue weighted by molar-refractivity contribution is -0.318. The van der Waals surface area contributed by atoms with E-state index in [-0.39, 0.29) is 23.5 Å². The van der Waals surface area contributed by atoms with Crippen LogP contribution in [0.25, 0.3) is 0 Å². The first-order valence-electron chi connectivity index (χ1n) is 9.67. The van der Waals surface area contributed by atoms with Gasteiger partial charge in [-0.3, -0.25) is 0 Å². The molecule has 0 spiro atoms. The van der Waals surface area contributed by atoms with Crippen LogP contribution in [0.1, 0.15) is 73.1 Å². The van der Waals surface area contributed by atoms with Crippen molar-refractivity contribution in [2.75, 3.05) is 6.61 Å². The Labute approximate surface area is 146 Å². The molecule has 0 bridgehead atoms. The van der Waals surface area contributed by atoms with Crippen LogP contribution in [-0.4, -0.2) is 45.3 Å². The topological polar surface area (TPSA) is 69.9 Å². The third-order valence-corrected chi connectivity index (χ3v) is 8.15. The van der Waals surface area contributed by atoms with Crippen LogP contribution in [0.3, 0.4) is 0 Å². The van der Waals surface area contributed by atoms with E-state index in [1.807, 2.05) is 0 Å². The molecule has 2 aliphatic carbocycles. The van der Waals surface area contributed by atoms with Crippen LogP contribution >= 0.6 is 0 Å². The molecule has 0 radical (unpaired) electrons. The molecule has 0 unspecified atom stereocenters. The van der Waals surface area contributed by atoms with Crippen molar-refractivity contribution in [3.63, 3.8) is 0 Å². The normalized spacial score (nSPS) is 52.2. The van der Waals surface area contributed by atoms with Crippen LogP contribution in [0.4, 0.5) is 0 Å². The summed E-state index contributed by atoms with van der Waals surface area (Å²) in [6.45, 7) is 10.7. The van der Waals surface area contributed by atoms with E-state index >= 15 is 0 Å². The van der Waals surface area contributed by atoms with Crippen molar-refractivity contribution in [1.82, 2.24) is 0 Å². The van der Waals surface area contributed by atoms with E-state index in [2.05, 4.69) is 27.7 Å². The van der Waals surface area contributed by atoms with Crippen LogP contribution in [0, 0.1) is 22.7 Å². The second kappa shape index (κ2) is 5.67. The molecule has 7 atom stereocenters. The number of rotatable bonds is 2. The highest BCUT2D eigenvalue weighted by Gasteiger charge is 2.64. The molecule has 2 saturated carbocycles. The van der Waals surface area contributed by atoms with E-state index in [1.165, 1.54) is 19.3 Å². The molecule has 3 fully saturated rings. The fraction of sp³-hybridized carbons (Fsp3) is 1.00. The molecule has 0 amide bonds. The van der Waals surface area contributed by atoms with Crippen LogP contribution in [0.2, 0.25) is 0 Å². The maximum atomic E-state index is 10.8. The molecule has 140 valence electrons. The molecule has 3 aliphatic rings. The van der Waals surface area contributed by atoms with Crippen LogP contribution < -0.4 is 0 Å². The summed E-state index contributed by atoms with van der Waals surface area (Å²) in [5.41, 5.74) is -0.929. The lowest BCUT2D eigenvalue weighted by atomic mass is 9.44. The van der Waals surface area contributed by atoms with Gasteiger partial charge in [0, 0.05) is 0 Å². The number of fused-ring (bicyclic) bond motifs is 3. The van der Waals surface area contributed by atoms with Crippen molar-refractivity contribution < 1.29 is 20.1 Å². The van der Waals surface area contributed by atoms with Crippen molar-refractivity contribution in [3.05, 3.63) is 0 Å². The van der Waals surface area contributed by atoms with Gasteiger partial charge < -0.3 is 20.1 Å². The van der Waals surface area contributed by atoms with Gasteiger partial charge in [-0.05, 0) is 68.6 Å². The number of aliphatic hydroxyl groups is 3. The molecule has 4 nitrogen and oxygen atoms in total. The Hall–Kier alpha value is -0.160. The van der Waals surface area contributed by atoms with Crippen molar-refractivity contribution in [2.24, 2.45) is 22.7 Å². The summed E-state index contributed by atoms with van der Waals surface area (Å²) in [5.74, 6) is 0.942. The summed E-state index contributed by atoms with van der Waals surface area (Å²) < 4.78 is 6.45. The molecule has 24 heavy (non-hydrogen) atoms. The van der Waals surface area contributed by atoms with Gasteiger partial charge in [0.2, 0.25) is 0 Å². The number of aliphatic hydroxyl groups excluding tert-OH is 3. The maximum Gasteiger partial charge on any atom is 0.120 e. The summed E-state index contributed by atoms with van der Waals surface area (Å²) in [4.78, 5) is 0. The zero-order chi connectivity index (χ0) is 18.0. The van der Waals surface area contributed by atoms with E-state index in [9.17, 15) is 15.3 Å². The summed E-state index contributed by atoms with van der Waals surface area (Å²) in [7, 11) is 0. The van der Waals surface area contributed by atoms with E-state index in [0.29, 0.717) is 17.8 Å². The largest absolute Gasteiger partial charge is 0.394 e. The average molecular weight is 341 g/mol. The van der Waals surface area contributed by atoms with Crippen molar-refractivity contribution in [2.45, 2.75) is 96.6 Å². The molecule has 0 aromatic rings. The number of hydrogen-bond donors (Lipinski definition) is 3. The van der Waals surface area contributed by atoms with Crippen LogP contribution in [-0.2, 0) is 4.74 Å². The molecule has 3 rings (SSSR count). The summed E-state index contributed by atoms with van der Waals surface area (Å²) >= 11 is 0. The Morgan fingerprint density at radius 2 is 1.71 bits per heavy atom. The first-order chi connectivity index (χ1) is 11.0. The third kappa shape index (κ3) is 2.48. The second-order valence-corrected chi connectivity index (χ2v) is 10.0. The second-order valence-electron chi connectivity index (χ2n) is 10.0. The highest BCUT2D eigenvalue weighted by Crippen LogP contribution is 2.65. The molecule has 1 aliphatic heterocycles. The smallest absolute Gasteiger partial charge is 0.120 e. The van der Waals surface area contributed by atoms with E-state index in [1.54, 1.807) is 6.92 Å². The molecule has 3 N–H and O–H groups in total. The Balaban J connectivity index is 1.95. The third-order valence-electron chi connectivity index (χ3n) is 8.15. The molecular weight excluding hydrogens is 304 g/mol. The number of ether oxygens (including phenoxy) is 1. The zero-order valence-electron chi connectivity index (χ0n) is 16.0. The van der Waals surface area contributed by atoms with E-state index < -0.39 is 17.8 Å². The van der Waals surface area contributed by atoms with Crippen molar-refractivity contribution in [3.8, 4) is 0 Å². The molecule has 0 aromatic heterocycles. The van der Waals surface area contributed by atoms with Gasteiger partial charge >= 0.3 is 0 Å². The van der Waals surface area contributed by atoms with E-state index in [4.69, 9.17) is 4.74 Å². The molecule has 1 saturated heterocycles. The quantitative estimate of drug-likeness (QED) is 0.723. The minimum atomic E-state index is -1.09. The van der Waals surface area contributed by atoms with Gasteiger partial charge in [0.25, 0.3) is 0 Å². The lowest BCUT2D eigenvalue weighted by Crippen LogP contribution is -2.69. The van der Waals surface area contributed by atoms with Gasteiger partial charge in [0.05, 0.1) is 18.3 Å². The van der Waals surface area contributed by atoms with Gasteiger partial charge in [-0.15, -0.1) is 0 Å². The van der Waals surface area contributed by atoms with Gasteiger partial charge in [0.1, 0.15) is 11.7 Å². The molecule has 4 heteroatoms. The summed E-state index contributed by atoms with van der Waals surface area (Å²) in [6, 6.07) is 0. The van der Waals surface area contributed by atoms with Gasteiger partial charge in [0.15, 0.2) is 0 Å². The molecular formula is C20H36O4. The monoisotopic (exact) mass is 340 g/mol. The predicted octanol–water partition coefficient (Wildman–Crippen LogP) is 2.88. The van der Waals surface area contributed by atoms with Gasteiger partial charge in [-0.2, -0.15) is 0 Å². The molecule has 0 aromatic carbocycles. The lowest BCUT2D eigenvalue weighted by Gasteiger charge is -2.66. The minimum Gasteiger partial charge on any atom is -0.394 e. The molecule has 1 heterocycles. The van der Waals surface area contributed by atoms with E-state index in [0.717, 1.165) is 12.8 Å². The van der Waals surface area contributed by atoms with Crippen molar-refractivity contribution >= 4 is 0 Å². The zero-order valence-corrected chi connectivity index (χ0v) is 16.0. The summed E-state index contributed by atoms with van der Waals surface area (Å²) in [6.07, 6.45) is 4.64. The fourth-order valence-electron chi connectivity index (χ4n) is 6.75. The minimum absolute atomic E-state index is 0.168. The first kappa shape index (κ1) is 18.6. The summed E-state index contributed by atoms with van der Waals surface area (Å²) in [5, 5.41) is 30.5. The predicted molar refractivity (Wildman–Crippen MR) is 93.6 cm³/mol. The average Bonchev–Trinajstić information content (AvgIpc) is 2.48. The fourth-order valence-corrected chi connectivity index (χ4v) is 6.75. The first-order valence-corrected chi connectivity index (χ1v) is 9.67. The highest BCUT2D eigenvalue weighted by atomic mass is 16.6. The Morgan fingerprint density at radius 3 is 2.33 bits per heavy atom. The Morgan fingerprint density at radius 1 is 1.04 bits per heavy atom. The number of hydrogen-bond acceptors (Lipinski definition) is 4. The van der Waals surface area contributed by atoms with Gasteiger partial charge in [-0.25, -0.2) is 0 Å². The van der Waals surface area contributed by atoms with Crippen molar-refractivity contribution in [1.29, 1.82) is 0 Å². The van der Waals surface area contributed by atoms with Gasteiger partial charge in [-0.1, -0.05) is 27.2 Å². The van der Waals surface area contributed by atoms with Crippen LogP contribution in [0.5, 0.6) is 0 Å².